The zero-order chi connectivity index (χ0) is 4.41. The molecule has 52 valence electrons. The molecule has 0 aliphatic rings. The molecule has 2 radical (unpaired) electrons. The van der Waals surface area contributed by atoms with Gasteiger partial charge >= 0.3 is 0 Å². The van der Waals surface area contributed by atoms with Gasteiger partial charge in [0.15, 0.2) is 0 Å². The van der Waals surface area contributed by atoms with Gasteiger partial charge in [0.05, 0.1) is 0 Å². The van der Waals surface area contributed by atoms with Crippen LogP contribution in [0.3, 0.4) is 0 Å². The standard InChI is InChI=1S/C5H4S.V.2W.Y/c1-5-3-2-4-6-5;;;;/h2-3H,1H2;;;;/q-2;;;;. The summed E-state index contributed by atoms with van der Waals surface area (Å²) < 4.78 is 0. The third-order valence-electron chi connectivity index (χ3n) is 0.527. The summed E-state index contributed by atoms with van der Waals surface area (Å²) in [4.78, 5) is 1.08. The van der Waals surface area contributed by atoms with Crippen molar-refractivity contribution in [3.05, 3.63) is 29.3 Å². The van der Waals surface area contributed by atoms with Crippen molar-refractivity contribution < 1.29 is 93.4 Å². The fraction of sp³-hybridized carbons (Fsp3) is 0. The Labute approximate surface area is 132 Å². The molecule has 5 heteroatoms. The van der Waals surface area contributed by atoms with Crippen LogP contribution in [0.2, 0.25) is 0 Å². The van der Waals surface area contributed by atoms with E-state index >= 15 is 0 Å². The maximum Gasteiger partial charge on any atom is 0 e. The van der Waals surface area contributed by atoms with Crippen LogP contribution in [0.1, 0.15) is 4.88 Å². The molecule has 0 amide bonds. The second kappa shape index (κ2) is 14.2. The summed E-state index contributed by atoms with van der Waals surface area (Å²) >= 11 is 1.54. The molecule has 0 fully saturated rings. The minimum absolute atomic E-state index is 0. The first-order valence-corrected chi connectivity index (χ1v) is 2.49. The van der Waals surface area contributed by atoms with Gasteiger partial charge in [-0.05, 0) is 0 Å². The smallest absolute Gasteiger partial charge is 0 e. The van der Waals surface area contributed by atoms with E-state index < -0.39 is 0 Å². The fourth-order valence-corrected chi connectivity index (χ4v) is 0.694. The van der Waals surface area contributed by atoms with Gasteiger partial charge in [-0.15, -0.1) is 5.38 Å². The largest absolute Gasteiger partial charge is 0.316 e. The zero-order valence-electron chi connectivity index (χ0n) is 5.11. The topological polar surface area (TPSA) is 0 Å². The van der Waals surface area contributed by atoms with Gasteiger partial charge in [0, 0.05) is 93.4 Å². The normalized spacial score (nSPS) is 5.20. The Morgan fingerprint density at radius 2 is 1.90 bits per heavy atom. The molecular formula is C5H4SVW2Y-2. The third kappa shape index (κ3) is 10.6. The summed E-state index contributed by atoms with van der Waals surface area (Å²) in [6, 6.07) is 3.80. The number of hydrogen-bond donors (Lipinski definition) is 0. The first-order valence-electron chi connectivity index (χ1n) is 1.67. The molecule has 0 N–H and O–H groups in total. The van der Waals surface area contributed by atoms with E-state index in [1.807, 2.05) is 12.1 Å². The van der Waals surface area contributed by atoms with Gasteiger partial charge in [0.1, 0.15) is 0 Å². The molecule has 0 saturated heterocycles. The van der Waals surface area contributed by atoms with Crippen LogP contribution in [0.25, 0.3) is 0 Å². The summed E-state index contributed by atoms with van der Waals surface area (Å²) in [7, 11) is 0. The van der Waals surface area contributed by atoms with Crippen LogP contribution in [-0.2, 0) is 93.4 Å². The Bertz CT molecular complexity index is 123. The molecule has 0 aromatic carbocycles. The summed E-state index contributed by atoms with van der Waals surface area (Å²) in [5.74, 6) is 0. The molecule has 0 aliphatic heterocycles. The van der Waals surface area contributed by atoms with Crippen molar-refractivity contribution in [2.75, 3.05) is 0 Å². The molecule has 1 aromatic rings. The van der Waals surface area contributed by atoms with Crippen molar-refractivity contribution in [1.29, 1.82) is 0 Å². The van der Waals surface area contributed by atoms with Crippen LogP contribution in [0.4, 0.5) is 0 Å². The molecule has 1 aromatic heterocycles. The van der Waals surface area contributed by atoms with E-state index in [-0.39, 0.29) is 93.4 Å². The van der Waals surface area contributed by atoms with Crippen molar-refractivity contribution in [3.63, 3.8) is 0 Å². The van der Waals surface area contributed by atoms with Crippen LogP contribution >= 0.6 is 11.3 Å². The monoisotopic (exact) mass is 604 g/mol. The summed E-state index contributed by atoms with van der Waals surface area (Å²) in [6.45, 7) is 3.67. The van der Waals surface area contributed by atoms with E-state index in [1.165, 1.54) is 0 Å². The molecule has 0 spiro atoms. The summed E-state index contributed by atoms with van der Waals surface area (Å²) in [5.41, 5.74) is 0. The van der Waals surface area contributed by atoms with Crippen LogP contribution in [-0.4, -0.2) is 0 Å². The van der Waals surface area contributed by atoms with E-state index in [2.05, 4.69) is 12.3 Å². The Balaban J connectivity index is -0.0000000450. The molecule has 0 aliphatic carbocycles. The zero-order valence-corrected chi connectivity index (χ0v) is 16.0. The van der Waals surface area contributed by atoms with Crippen molar-refractivity contribution in [3.8, 4) is 0 Å². The summed E-state index contributed by atoms with van der Waals surface area (Å²) in [6.07, 6.45) is 0. The van der Waals surface area contributed by atoms with Gasteiger partial charge < -0.3 is 11.3 Å². The molecule has 0 bridgehead atoms. The van der Waals surface area contributed by atoms with Crippen LogP contribution in [0.15, 0.2) is 12.1 Å². The van der Waals surface area contributed by atoms with Crippen LogP contribution in [0, 0.1) is 12.3 Å². The van der Waals surface area contributed by atoms with E-state index in [9.17, 15) is 0 Å². The van der Waals surface area contributed by atoms with Crippen molar-refractivity contribution >= 4 is 11.3 Å². The molecular weight excluding hydrogens is 600 g/mol. The fourth-order valence-electron chi connectivity index (χ4n) is 0.271. The first kappa shape index (κ1) is 22.9. The van der Waals surface area contributed by atoms with Gasteiger partial charge in [-0.3, -0.25) is 6.92 Å². The maximum atomic E-state index is 3.67. The predicted molar refractivity (Wildman–Crippen MR) is 27.6 cm³/mol. The van der Waals surface area contributed by atoms with Gasteiger partial charge in [-0.25, -0.2) is 10.9 Å². The van der Waals surface area contributed by atoms with Gasteiger partial charge in [-0.2, -0.15) is 6.07 Å². The van der Waals surface area contributed by atoms with E-state index in [0.29, 0.717) is 0 Å². The summed E-state index contributed by atoms with van der Waals surface area (Å²) in [5, 5.41) is 2.91. The minimum atomic E-state index is 0. The number of thiophene rings is 1. The Morgan fingerprint density at radius 3 is 2.00 bits per heavy atom. The van der Waals surface area contributed by atoms with Gasteiger partial charge in [0.25, 0.3) is 0 Å². The van der Waals surface area contributed by atoms with Crippen molar-refractivity contribution in [2.24, 2.45) is 0 Å². The second-order valence-electron chi connectivity index (χ2n) is 1.02. The predicted octanol–water partition coefficient (Wildman–Crippen LogP) is 1.72. The average molecular weight is 604 g/mol. The van der Waals surface area contributed by atoms with Gasteiger partial charge in [-0.1, -0.05) is 0 Å². The quantitative estimate of drug-likeness (QED) is 0.397. The minimum Gasteiger partial charge on any atom is -0.316 e. The Kier molecular flexibility index (Phi) is 32.5. The Morgan fingerprint density at radius 1 is 1.40 bits per heavy atom. The van der Waals surface area contributed by atoms with Crippen LogP contribution in [0.5, 0.6) is 0 Å². The van der Waals surface area contributed by atoms with E-state index in [4.69, 9.17) is 0 Å². The third-order valence-corrected chi connectivity index (χ3v) is 1.18. The molecule has 0 nitrogen and oxygen atoms in total. The van der Waals surface area contributed by atoms with Crippen LogP contribution < -0.4 is 0 Å². The van der Waals surface area contributed by atoms with E-state index in [0.717, 1.165) is 4.88 Å². The molecule has 0 unspecified atom stereocenters. The maximum absolute atomic E-state index is 3.67. The van der Waals surface area contributed by atoms with E-state index in [1.54, 1.807) is 11.3 Å². The SMILES string of the molecule is [CH2-]c1cc[c-]s1.[V].[W].[W].[Y]. The molecule has 0 atom stereocenters. The molecule has 0 saturated carbocycles. The molecule has 1 rings (SSSR count). The van der Waals surface area contributed by atoms with Crippen molar-refractivity contribution in [1.82, 2.24) is 0 Å². The molecule has 10 heavy (non-hydrogen) atoms. The van der Waals surface area contributed by atoms with Crippen molar-refractivity contribution in [2.45, 2.75) is 0 Å². The second-order valence-corrected chi connectivity index (χ2v) is 1.98. The average Bonchev–Trinajstić information content (AvgIpc) is 1.86. The number of hydrogen-bond acceptors (Lipinski definition) is 1. The molecule has 1 heterocycles. The number of rotatable bonds is 0. The Hall–Kier alpha value is 2.63. The van der Waals surface area contributed by atoms with Gasteiger partial charge in [0.2, 0.25) is 0 Å². The first-order chi connectivity index (χ1) is 2.89.